The predicted octanol–water partition coefficient (Wildman–Crippen LogP) is 0.813. The molecule has 4 N–H and O–H groups in total. The smallest absolute Gasteiger partial charge is 0.237 e. The number of aromatic amines is 1. The third-order valence-electron chi connectivity index (χ3n) is 2.27. The second-order valence-corrected chi connectivity index (χ2v) is 5.65. The Labute approximate surface area is 110 Å². The predicted molar refractivity (Wildman–Crippen MR) is 72.3 cm³/mol. The molecule has 2 rings (SSSR count). The molecule has 1 aromatic heterocycles. The van der Waals surface area contributed by atoms with Crippen LogP contribution in [-0.2, 0) is 10.0 Å². The first-order valence-electron chi connectivity index (χ1n) is 5.53. The Hall–Kier alpha value is -2.22. The van der Waals surface area contributed by atoms with Crippen molar-refractivity contribution in [2.75, 3.05) is 22.8 Å². The zero-order valence-electron chi connectivity index (χ0n) is 10.0. The molecule has 0 aliphatic heterocycles. The average molecular weight is 282 g/mol. The SMILES string of the molecule is Nc1ccc(OCCS(=O)(=O)Nc2ccn[nH]2)cc1. The number of nitrogens with one attached hydrogen (secondary N) is 2. The van der Waals surface area contributed by atoms with Crippen LogP contribution >= 0.6 is 0 Å². The van der Waals surface area contributed by atoms with Gasteiger partial charge in [-0.25, -0.2) is 8.42 Å². The average Bonchev–Trinajstić information content (AvgIpc) is 2.83. The minimum Gasteiger partial charge on any atom is -0.492 e. The fourth-order valence-corrected chi connectivity index (χ4v) is 2.22. The lowest BCUT2D eigenvalue weighted by Crippen LogP contribution is -2.21. The van der Waals surface area contributed by atoms with E-state index < -0.39 is 10.0 Å². The third-order valence-corrected chi connectivity index (χ3v) is 3.50. The van der Waals surface area contributed by atoms with E-state index in [0.29, 0.717) is 17.3 Å². The van der Waals surface area contributed by atoms with E-state index >= 15 is 0 Å². The van der Waals surface area contributed by atoms with Gasteiger partial charge in [-0.05, 0) is 24.3 Å². The summed E-state index contributed by atoms with van der Waals surface area (Å²) >= 11 is 0. The molecule has 1 heterocycles. The van der Waals surface area contributed by atoms with Crippen LogP contribution in [0.2, 0.25) is 0 Å². The van der Waals surface area contributed by atoms with Crippen LogP contribution in [0.25, 0.3) is 0 Å². The number of hydrogen-bond donors (Lipinski definition) is 3. The molecule has 1 aromatic carbocycles. The highest BCUT2D eigenvalue weighted by molar-refractivity contribution is 7.92. The molecule has 0 saturated heterocycles. The van der Waals surface area contributed by atoms with E-state index in [0.717, 1.165) is 0 Å². The van der Waals surface area contributed by atoms with E-state index in [4.69, 9.17) is 10.5 Å². The van der Waals surface area contributed by atoms with E-state index in [1.807, 2.05) is 0 Å². The highest BCUT2D eigenvalue weighted by atomic mass is 32.2. The summed E-state index contributed by atoms with van der Waals surface area (Å²) in [5.74, 6) is 0.745. The summed E-state index contributed by atoms with van der Waals surface area (Å²) in [5, 5.41) is 6.16. The normalized spacial score (nSPS) is 11.2. The van der Waals surface area contributed by atoms with Crippen molar-refractivity contribution in [3.05, 3.63) is 36.5 Å². The van der Waals surface area contributed by atoms with Crippen LogP contribution in [0.15, 0.2) is 36.5 Å². The molecule has 0 bridgehead atoms. The van der Waals surface area contributed by atoms with Gasteiger partial charge in [0.2, 0.25) is 10.0 Å². The molecular formula is C11H14N4O3S. The number of nitrogens with two attached hydrogens (primary N) is 1. The molecule has 0 aliphatic carbocycles. The van der Waals surface area contributed by atoms with Crippen LogP contribution in [0.5, 0.6) is 5.75 Å². The molecule has 19 heavy (non-hydrogen) atoms. The minimum atomic E-state index is -3.45. The maximum atomic E-state index is 11.7. The molecule has 0 atom stereocenters. The molecule has 8 heteroatoms. The van der Waals surface area contributed by atoms with Crippen LogP contribution in [0.4, 0.5) is 11.5 Å². The lowest BCUT2D eigenvalue weighted by Gasteiger charge is -2.08. The Balaban J connectivity index is 1.83. The van der Waals surface area contributed by atoms with Crippen molar-refractivity contribution >= 4 is 21.5 Å². The molecule has 0 amide bonds. The number of nitrogen functional groups attached to an aromatic ring is 1. The van der Waals surface area contributed by atoms with Gasteiger partial charge in [0.15, 0.2) is 0 Å². The molecule has 0 aliphatic rings. The number of nitrogens with zero attached hydrogens (tertiary/aromatic N) is 1. The van der Waals surface area contributed by atoms with Crippen LogP contribution in [-0.4, -0.2) is 31.0 Å². The Morgan fingerprint density at radius 1 is 1.26 bits per heavy atom. The zero-order valence-corrected chi connectivity index (χ0v) is 10.9. The first-order valence-corrected chi connectivity index (χ1v) is 7.19. The molecule has 0 fully saturated rings. The summed E-state index contributed by atoms with van der Waals surface area (Å²) in [4.78, 5) is 0. The molecule has 7 nitrogen and oxygen atoms in total. The van der Waals surface area contributed by atoms with Gasteiger partial charge < -0.3 is 10.5 Å². The Kier molecular flexibility index (Phi) is 3.91. The molecular weight excluding hydrogens is 268 g/mol. The van der Waals surface area contributed by atoms with Gasteiger partial charge in [-0.3, -0.25) is 9.82 Å². The third kappa shape index (κ3) is 4.18. The maximum absolute atomic E-state index is 11.7. The number of benzene rings is 1. The van der Waals surface area contributed by atoms with E-state index in [-0.39, 0.29) is 12.4 Å². The highest BCUT2D eigenvalue weighted by Gasteiger charge is 2.11. The highest BCUT2D eigenvalue weighted by Crippen LogP contribution is 2.13. The lowest BCUT2D eigenvalue weighted by molar-refractivity contribution is 0.341. The first-order chi connectivity index (χ1) is 9.05. The van der Waals surface area contributed by atoms with E-state index in [1.54, 1.807) is 24.3 Å². The standard InChI is InChI=1S/C11H14N4O3S/c12-9-1-3-10(4-2-9)18-7-8-19(16,17)15-11-5-6-13-14-11/h1-6H,7-8,12H2,(H2,13,14,15). The molecule has 0 spiro atoms. The van der Waals surface area contributed by atoms with Gasteiger partial charge in [0.05, 0.1) is 6.20 Å². The van der Waals surface area contributed by atoms with Crippen LogP contribution < -0.4 is 15.2 Å². The van der Waals surface area contributed by atoms with Gasteiger partial charge >= 0.3 is 0 Å². The van der Waals surface area contributed by atoms with E-state index in [2.05, 4.69) is 14.9 Å². The number of H-pyrrole nitrogens is 1. The quantitative estimate of drug-likeness (QED) is 0.679. The van der Waals surface area contributed by atoms with E-state index in [1.165, 1.54) is 12.3 Å². The number of rotatable bonds is 6. The second kappa shape index (κ2) is 5.61. The zero-order chi connectivity index (χ0) is 13.7. The van der Waals surface area contributed by atoms with Gasteiger partial charge in [0.1, 0.15) is 23.9 Å². The van der Waals surface area contributed by atoms with Crippen molar-refractivity contribution in [3.63, 3.8) is 0 Å². The maximum Gasteiger partial charge on any atom is 0.237 e. The Morgan fingerprint density at radius 2 is 2.00 bits per heavy atom. The van der Waals surface area contributed by atoms with Crippen molar-refractivity contribution < 1.29 is 13.2 Å². The number of anilines is 2. The lowest BCUT2D eigenvalue weighted by atomic mass is 10.3. The summed E-state index contributed by atoms with van der Waals surface area (Å²) in [5.41, 5.74) is 6.16. The van der Waals surface area contributed by atoms with Crippen LogP contribution in [0.1, 0.15) is 0 Å². The van der Waals surface area contributed by atoms with Crippen molar-refractivity contribution in [1.29, 1.82) is 0 Å². The second-order valence-electron chi connectivity index (χ2n) is 3.81. The van der Waals surface area contributed by atoms with Crippen LogP contribution in [0.3, 0.4) is 0 Å². The van der Waals surface area contributed by atoms with Gasteiger partial charge in [-0.1, -0.05) is 0 Å². The van der Waals surface area contributed by atoms with Crippen molar-refractivity contribution in [1.82, 2.24) is 10.2 Å². The summed E-state index contributed by atoms with van der Waals surface area (Å²) in [7, 11) is -3.45. The minimum absolute atomic E-state index is 0.0490. The summed E-state index contributed by atoms with van der Waals surface area (Å²) in [6.07, 6.45) is 1.46. The van der Waals surface area contributed by atoms with Gasteiger partial charge in [-0.15, -0.1) is 0 Å². The molecule has 0 radical (unpaired) electrons. The molecule has 102 valence electrons. The fourth-order valence-electron chi connectivity index (χ4n) is 1.36. The van der Waals surface area contributed by atoms with Gasteiger partial charge in [-0.2, -0.15) is 5.10 Å². The van der Waals surface area contributed by atoms with Gasteiger partial charge in [0, 0.05) is 11.8 Å². The van der Waals surface area contributed by atoms with Crippen molar-refractivity contribution in [3.8, 4) is 5.75 Å². The molecule has 0 saturated carbocycles. The van der Waals surface area contributed by atoms with Crippen LogP contribution in [0, 0.1) is 0 Å². The Morgan fingerprint density at radius 3 is 2.63 bits per heavy atom. The van der Waals surface area contributed by atoms with Gasteiger partial charge in [0.25, 0.3) is 0 Å². The van der Waals surface area contributed by atoms with Crippen molar-refractivity contribution in [2.45, 2.75) is 0 Å². The molecule has 2 aromatic rings. The summed E-state index contributed by atoms with van der Waals surface area (Å²) < 4.78 is 31.0. The number of hydrogen-bond acceptors (Lipinski definition) is 5. The van der Waals surface area contributed by atoms with E-state index in [9.17, 15) is 8.42 Å². The Bertz CT molecular complexity index is 608. The van der Waals surface area contributed by atoms with Crippen molar-refractivity contribution in [2.24, 2.45) is 0 Å². The summed E-state index contributed by atoms with van der Waals surface area (Å²) in [6, 6.07) is 8.27. The topological polar surface area (TPSA) is 110 Å². The monoisotopic (exact) mass is 282 g/mol. The fraction of sp³-hybridized carbons (Fsp3) is 0.182. The summed E-state index contributed by atoms with van der Waals surface area (Å²) in [6.45, 7) is 0.0490. The number of aromatic nitrogens is 2. The first kappa shape index (κ1) is 13.2. The number of ether oxygens (including phenoxy) is 1. The largest absolute Gasteiger partial charge is 0.492 e. The molecule has 0 unspecified atom stereocenters. The number of sulfonamides is 1.